The predicted octanol–water partition coefficient (Wildman–Crippen LogP) is 2.97. The van der Waals surface area contributed by atoms with Crippen LogP contribution < -0.4 is 20.0 Å². The lowest BCUT2D eigenvalue weighted by molar-refractivity contribution is -0.384. The van der Waals surface area contributed by atoms with Crippen molar-refractivity contribution in [3.63, 3.8) is 0 Å². The van der Waals surface area contributed by atoms with E-state index in [1.165, 1.54) is 0 Å². The van der Waals surface area contributed by atoms with Crippen molar-refractivity contribution in [1.29, 1.82) is 0 Å². The number of nitrogens with zero attached hydrogens (tertiary/aromatic N) is 7. The average molecular weight is 547 g/mol. The van der Waals surface area contributed by atoms with Crippen molar-refractivity contribution in [2.75, 3.05) is 67.1 Å². The Balaban J connectivity index is 1.02. The standard InChI is InChI=1S/C28H34N8O4/c1-31-25-18-23(6-7-24(25)27(30-31)35-13-10-26(37)29-28(35)38)33-11-8-20(9-12-33)19-32-14-16-34(17-15-32)21-2-4-22(5-3-21)36(39)40/h2-7,18,20H,8-17,19H2,1H3,(H,29,37,38). The van der Waals surface area contributed by atoms with E-state index in [-0.39, 0.29) is 22.9 Å². The molecular formula is C28H34N8O4. The summed E-state index contributed by atoms with van der Waals surface area (Å²) in [7, 11) is 1.89. The number of imide groups is 1. The topological polar surface area (TPSA) is 120 Å². The van der Waals surface area contributed by atoms with E-state index >= 15 is 0 Å². The van der Waals surface area contributed by atoms with Crippen LogP contribution in [0.1, 0.15) is 19.3 Å². The zero-order chi connectivity index (χ0) is 27.8. The molecule has 3 amide bonds. The number of nitro benzene ring substituents is 1. The van der Waals surface area contributed by atoms with Gasteiger partial charge >= 0.3 is 6.03 Å². The molecule has 3 fully saturated rings. The van der Waals surface area contributed by atoms with Gasteiger partial charge in [-0.3, -0.25) is 34.7 Å². The van der Waals surface area contributed by atoms with Gasteiger partial charge in [-0.1, -0.05) is 0 Å². The Bertz CT molecular complexity index is 1420. The summed E-state index contributed by atoms with van der Waals surface area (Å²) >= 11 is 0. The molecule has 2 aromatic carbocycles. The number of non-ortho nitro benzene ring substituents is 1. The highest BCUT2D eigenvalue weighted by molar-refractivity contribution is 6.09. The van der Waals surface area contributed by atoms with E-state index in [2.05, 4.69) is 37.2 Å². The van der Waals surface area contributed by atoms with Crippen LogP contribution in [-0.4, -0.2) is 83.9 Å². The highest BCUT2D eigenvalue weighted by atomic mass is 16.6. The molecule has 6 rings (SSSR count). The summed E-state index contributed by atoms with van der Waals surface area (Å²) in [6.45, 7) is 7.29. The number of urea groups is 1. The van der Waals surface area contributed by atoms with Crippen LogP contribution in [0, 0.1) is 16.0 Å². The number of carbonyl (C=O) groups is 2. The second kappa shape index (κ2) is 10.8. The molecule has 4 heterocycles. The predicted molar refractivity (Wildman–Crippen MR) is 153 cm³/mol. The summed E-state index contributed by atoms with van der Waals surface area (Å²) in [6, 6.07) is 12.7. The first-order chi connectivity index (χ1) is 19.4. The maximum atomic E-state index is 12.4. The fourth-order valence-electron chi connectivity index (χ4n) is 6.10. The molecule has 0 bridgehead atoms. The molecule has 1 aromatic heterocycles. The van der Waals surface area contributed by atoms with Crippen molar-refractivity contribution in [2.24, 2.45) is 13.0 Å². The number of aromatic nitrogens is 2. The quantitative estimate of drug-likeness (QED) is 0.370. The van der Waals surface area contributed by atoms with Gasteiger partial charge in [-0.2, -0.15) is 5.10 Å². The van der Waals surface area contributed by atoms with Crippen molar-refractivity contribution in [3.8, 4) is 0 Å². The van der Waals surface area contributed by atoms with Gasteiger partial charge in [0.15, 0.2) is 5.82 Å². The minimum absolute atomic E-state index is 0.129. The molecule has 12 heteroatoms. The van der Waals surface area contributed by atoms with Crippen LogP contribution in [0.3, 0.4) is 0 Å². The van der Waals surface area contributed by atoms with Crippen LogP contribution in [0.2, 0.25) is 0 Å². The Kier molecular flexibility index (Phi) is 7.01. The number of hydrogen-bond donors (Lipinski definition) is 1. The molecule has 12 nitrogen and oxygen atoms in total. The van der Waals surface area contributed by atoms with E-state index in [1.54, 1.807) is 21.7 Å². The first-order valence-corrected chi connectivity index (χ1v) is 13.9. The molecule has 0 spiro atoms. The van der Waals surface area contributed by atoms with Crippen LogP contribution in [-0.2, 0) is 11.8 Å². The number of piperidine rings is 1. The van der Waals surface area contributed by atoms with E-state index < -0.39 is 6.03 Å². The number of aryl methyl sites for hydroxylation is 1. The minimum atomic E-state index is -0.421. The van der Waals surface area contributed by atoms with E-state index in [9.17, 15) is 19.7 Å². The third-order valence-corrected chi connectivity index (χ3v) is 8.42. The second-order valence-electron chi connectivity index (χ2n) is 10.9. The van der Waals surface area contributed by atoms with Crippen molar-refractivity contribution in [2.45, 2.75) is 19.3 Å². The maximum absolute atomic E-state index is 12.4. The number of rotatable bonds is 6. The summed E-state index contributed by atoms with van der Waals surface area (Å²) in [5.74, 6) is 0.993. The average Bonchev–Trinajstić information content (AvgIpc) is 3.29. The minimum Gasteiger partial charge on any atom is -0.371 e. The highest BCUT2D eigenvalue weighted by Gasteiger charge is 2.29. The Hall–Kier alpha value is -4.19. The lowest BCUT2D eigenvalue weighted by atomic mass is 9.95. The summed E-state index contributed by atoms with van der Waals surface area (Å²) in [6.07, 6.45) is 2.55. The van der Waals surface area contributed by atoms with Crippen LogP contribution in [0.15, 0.2) is 42.5 Å². The van der Waals surface area contributed by atoms with Gasteiger partial charge in [0, 0.05) is 94.7 Å². The third-order valence-electron chi connectivity index (χ3n) is 8.42. The number of carbonyl (C=O) groups excluding carboxylic acids is 2. The van der Waals surface area contributed by atoms with Crippen molar-refractivity contribution >= 4 is 45.7 Å². The fraction of sp³-hybridized carbons (Fsp3) is 0.464. The lowest BCUT2D eigenvalue weighted by Gasteiger charge is -2.40. The van der Waals surface area contributed by atoms with E-state index in [4.69, 9.17) is 0 Å². The molecule has 0 atom stereocenters. The van der Waals surface area contributed by atoms with Crippen molar-refractivity contribution in [3.05, 3.63) is 52.6 Å². The van der Waals surface area contributed by atoms with Crippen LogP contribution in [0.25, 0.3) is 10.9 Å². The summed E-state index contributed by atoms with van der Waals surface area (Å²) in [4.78, 5) is 43.3. The fourth-order valence-corrected chi connectivity index (χ4v) is 6.10. The number of piperazine rings is 1. The number of nitrogens with one attached hydrogen (secondary N) is 1. The Morgan fingerprint density at radius 3 is 2.27 bits per heavy atom. The maximum Gasteiger partial charge on any atom is 0.329 e. The monoisotopic (exact) mass is 546 g/mol. The second-order valence-corrected chi connectivity index (χ2v) is 10.9. The lowest BCUT2D eigenvalue weighted by Crippen LogP contribution is -2.49. The number of amides is 3. The molecule has 40 heavy (non-hydrogen) atoms. The zero-order valence-electron chi connectivity index (χ0n) is 22.7. The number of benzene rings is 2. The first-order valence-electron chi connectivity index (χ1n) is 13.9. The number of hydrogen-bond acceptors (Lipinski definition) is 8. The van der Waals surface area contributed by atoms with Crippen LogP contribution >= 0.6 is 0 Å². The molecule has 210 valence electrons. The Morgan fingerprint density at radius 2 is 1.60 bits per heavy atom. The summed E-state index contributed by atoms with van der Waals surface area (Å²) in [5.41, 5.74) is 3.30. The van der Waals surface area contributed by atoms with Gasteiger partial charge in [-0.05, 0) is 49.1 Å². The number of fused-ring (bicyclic) bond motifs is 1. The molecule has 0 unspecified atom stereocenters. The van der Waals surface area contributed by atoms with Crippen molar-refractivity contribution in [1.82, 2.24) is 20.0 Å². The highest BCUT2D eigenvalue weighted by Crippen LogP contribution is 2.32. The largest absolute Gasteiger partial charge is 0.371 e. The van der Waals surface area contributed by atoms with Crippen LogP contribution in [0.5, 0.6) is 0 Å². The molecular weight excluding hydrogens is 512 g/mol. The van der Waals surface area contributed by atoms with E-state index in [1.807, 2.05) is 25.2 Å². The molecule has 0 radical (unpaired) electrons. The molecule has 3 saturated heterocycles. The first kappa shape index (κ1) is 26.1. The van der Waals surface area contributed by atoms with Gasteiger partial charge in [0.2, 0.25) is 5.91 Å². The molecule has 0 saturated carbocycles. The normalized spacial score (nSPS) is 19.4. The SMILES string of the molecule is Cn1nc(N2CCC(=O)NC2=O)c2ccc(N3CCC(CN4CCN(c5ccc([N+](=O)[O-])cc5)CC4)CC3)cc21. The van der Waals surface area contributed by atoms with Gasteiger partial charge in [-0.15, -0.1) is 0 Å². The molecule has 1 N–H and O–H groups in total. The molecule has 0 aliphatic carbocycles. The van der Waals surface area contributed by atoms with Gasteiger partial charge in [0.05, 0.1) is 10.4 Å². The number of nitro groups is 1. The van der Waals surface area contributed by atoms with Gasteiger partial charge in [0.25, 0.3) is 5.69 Å². The smallest absolute Gasteiger partial charge is 0.329 e. The number of anilines is 3. The molecule has 3 aliphatic heterocycles. The van der Waals surface area contributed by atoms with Gasteiger partial charge < -0.3 is 9.80 Å². The Labute approximate surface area is 232 Å². The van der Waals surface area contributed by atoms with Gasteiger partial charge in [0.1, 0.15) is 0 Å². The molecule has 3 aliphatic rings. The van der Waals surface area contributed by atoms with E-state index in [0.717, 1.165) is 80.9 Å². The van der Waals surface area contributed by atoms with Crippen LogP contribution in [0.4, 0.5) is 27.7 Å². The van der Waals surface area contributed by atoms with E-state index in [0.29, 0.717) is 18.3 Å². The summed E-state index contributed by atoms with van der Waals surface area (Å²) in [5, 5.41) is 18.8. The third kappa shape index (κ3) is 5.18. The summed E-state index contributed by atoms with van der Waals surface area (Å²) < 4.78 is 1.81. The zero-order valence-corrected chi connectivity index (χ0v) is 22.7. The Morgan fingerprint density at radius 1 is 0.925 bits per heavy atom. The van der Waals surface area contributed by atoms with Gasteiger partial charge in [-0.25, -0.2) is 4.79 Å². The molecule has 3 aromatic rings. The van der Waals surface area contributed by atoms with Crippen molar-refractivity contribution < 1.29 is 14.5 Å².